The van der Waals surface area contributed by atoms with E-state index in [0.29, 0.717) is 26.3 Å². The van der Waals surface area contributed by atoms with Gasteiger partial charge in [-0.2, -0.15) is 0 Å². The zero-order valence-electron chi connectivity index (χ0n) is 9.08. The molecule has 0 aromatic heterocycles. The van der Waals surface area contributed by atoms with Crippen LogP contribution in [0.25, 0.3) is 0 Å². The summed E-state index contributed by atoms with van der Waals surface area (Å²) in [5, 5.41) is 0.507. The van der Waals surface area contributed by atoms with Crippen LogP contribution in [0, 0.1) is 0 Å². The minimum Gasteiger partial charge on any atom is -0.399 e. The number of carbonyl (C=O) groups is 1. The molecule has 92 valence electrons. The van der Waals surface area contributed by atoms with Crippen molar-refractivity contribution in [2.45, 2.75) is 0 Å². The Morgan fingerprint density at radius 3 is 2.39 bits per heavy atom. The zero-order chi connectivity index (χ0) is 13.3. The second kappa shape index (κ2) is 5.43. The molecule has 0 saturated heterocycles. The number of nitrogen functional groups attached to an aromatic ring is 1. The summed E-state index contributed by atoms with van der Waals surface area (Å²) >= 11 is 12.6. The number of hydrogen-bond donors (Lipinski definition) is 1. The van der Waals surface area contributed by atoms with Gasteiger partial charge < -0.3 is 5.73 Å². The van der Waals surface area contributed by atoms with Gasteiger partial charge in [0.05, 0.1) is 5.02 Å². The highest BCUT2D eigenvalue weighted by atomic mass is 79.9. The molecule has 5 heteroatoms. The first-order valence-electron chi connectivity index (χ1n) is 5.04. The van der Waals surface area contributed by atoms with E-state index < -0.39 is 0 Å². The van der Waals surface area contributed by atoms with Crippen LogP contribution in [0.1, 0.15) is 15.9 Å². The van der Waals surface area contributed by atoms with Crippen molar-refractivity contribution >= 4 is 54.9 Å². The predicted molar refractivity (Wildman–Crippen MR) is 81.1 cm³/mol. The molecular weight excluding hydrogens is 381 g/mol. The van der Waals surface area contributed by atoms with Crippen molar-refractivity contribution in [1.29, 1.82) is 0 Å². The lowest BCUT2D eigenvalue weighted by Crippen LogP contribution is -2.03. The summed E-state index contributed by atoms with van der Waals surface area (Å²) in [7, 11) is 0. The summed E-state index contributed by atoms with van der Waals surface area (Å²) in [6, 6.07) is 10.2. The molecule has 0 saturated carbocycles. The number of nitrogens with two attached hydrogens (primary N) is 1. The molecule has 2 aromatic carbocycles. The molecule has 2 nitrogen and oxygen atoms in total. The van der Waals surface area contributed by atoms with Crippen molar-refractivity contribution in [3.8, 4) is 0 Å². The SMILES string of the molecule is Nc1ccc(C(=O)c2ccc(Br)c(Cl)c2)c(Br)c1. The fourth-order valence-electron chi connectivity index (χ4n) is 1.51. The number of ketones is 1. The monoisotopic (exact) mass is 387 g/mol. The second-order valence-corrected chi connectivity index (χ2v) is 5.81. The fraction of sp³-hybridized carbons (Fsp3) is 0. The second-order valence-electron chi connectivity index (χ2n) is 3.70. The summed E-state index contributed by atoms with van der Waals surface area (Å²) in [6.45, 7) is 0. The van der Waals surface area contributed by atoms with E-state index in [2.05, 4.69) is 31.9 Å². The van der Waals surface area contributed by atoms with E-state index >= 15 is 0 Å². The van der Waals surface area contributed by atoms with Crippen LogP contribution < -0.4 is 5.73 Å². The van der Waals surface area contributed by atoms with Gasteiger partial charge in [0.25, 0.3) is 0 Å². The summed E-state index contributed by atoms with van der Waals surface area (Å²) in [5.41, 5.74) is 7.34. The molecule has 0 aliphatic rings. The van der Waals surface area contributed by atoms with E-state index in [1.54, 1.807) is 36.4 Å². The highest BCUT2D eigenvalue weighted by molar-refractivity contribution is 9.10. The Hall–Kier alpha value is -0.840. The van der Waals surface area contributed by atoms with Crippen LogP contribution in [0.15, 0.2) is 45.3 Å². The number of carbonyl (C=O) groups excluding carboxylic acids is 1. The normalized spacial score (nSPS) is 10.4. The van der Waals surface area contributed by atoms with Gasteiger partial charge in [-0.3, -0.25) is 4.79 Å². The maximum atomic E-state index is 12.3. The molecule has 0 atom stereocenters. The van der Waals surface area contributed by atoms with Crippen molar-refractivity contribution in [3.05, 3.63) is 61.5 Å². The Morgan fingerprint density at radius 1 is 1.06 bits per heavy atom. The quantitative estimate of drug-likeness (QED) is 0.599. The van der Waals surface area contributed by atoms with Crippen LogP contribution in [0.3, 0.4) is 0 Å². The molecule has 0 unspecified atom stereocenters. The van der Waals surface area contributed by atoms with Crippen molar-refractivity contribution in [3.63, 3.8) is 0 Å². The Bertz CT molecular complexity index is 628. The van der Waals surface area contributed by atoms with Gasteiger partial charge in [-0.1, -0.05) is 11.6 Å². The number of benzene rings is 2. The Balaban J connectivity index is 2.44. The number of rotatable bonds is 2. The van der Waals surface area contributed by atoms with Gasteiger partial charge in [-0.15, -0.1) is 0 Å². The average molecular weight is 389 g/mol. The van der Waals surface area contributed by atoms with Crippen LogP contribution in [-0.4, -0.2) is 5.78 Å². The van der Waals surface area contributed by atoms with E-state index in [4.69, 9.17) is 17.3 Å². The molecule has 2 aromatic rings. The zero-order valence-corrected chi connectivity index (χ0v) is 13.0. The van der Waals surface area contributed by atoms with E-state index in [0.717, 1.165) is 4.47 Å². The minimum absolute atomic E-state index is 0.101. The standard InChI is InChI=1S/C13H8Br2ClNO/c14-10-4-1-7(5-12(10)16)13(18)9-3-2-8(17)6-11(9)15/h1-6H,17H2. The Kier molecular flexibility index (Phi) is 4.10. The summed E-state index contributed by atoms with van der Waals surface area (Å²) in [6.07, 6.45) is 0. The van der Waals surface area contributed by atoms with Crippen molar-refractivity contribution in [1.82, 2.24) is 0 Å². The van der Waals surface area contributed by atoms with E-state index in [1.165, 1.54) is 0 Å². The molecule has 0 bridgehead atoms. The molecule has 2 rings (SSSR count). The summed E-state index contributed by atoms with van der Waals surface area (Å²) in [4.78, 5) is 12.3. The summed E-state index contributed by atoms with van der Waals surface area (Å²) < 4.78 is 1.43. The molecule has 0 aliphatic carbocycles. The van der Waals surface area contributed by atoms with Gasteiger partial charge in [-0.05, 0) is 68.3 Å². The summed E-state index contributed by atoms with van der Waals surface area (Å²) in [5.74, 6) is -0.101. The van der Waals surface area contributed by atoms with Gasteiger partial charge in [0, 0.05) is 25.8 Å². The van der Waals surface area contributed by atoms with Crippen LogP contribution in [-0.2, 0) is 0 Å². The van der Waals surface area contributed by atoms with Crippen LogP contribution in [0.5, 0.6) is 0 Å². The van der Waals surface area contributed by atoms with Crippen LogP contribution in [0.4, 0.5) is 5.69 Å². The lowest BCUT2D eigenvalue weighted by atomic mass is 10.0. The molecule has 2 N–H and O–H groups in total. The average Bonchev–Trinajstić information content (AvgIpc) is 2.32. The maximum Gasteiger partial charge on any atom is 0.194 e. The smallest absolute Gasteiger partial charge is 0.194 e. The van der Waals surface area contributed by atoms with Gasteiger partial charge in [0.1, 0.15) is 0 Å². The van der Waals surface area contributed by atoms with Crippen molar-refractivity contribution in [2.24, 2.45) is 0 Å². The molecule has 0 spiro atoms. The fourth-order valence-corrected chi connectivity index (χ4v) is 2.51. The van der Waals surface area contributed by atoms with Crippen LogP contribution >= 0.6 is 43.5 Å². The number of halogens is 3. The Labute approximate surface area is 126 Å². The highest BCUT2D eigenvalue weighted by Crippen LogP contribution is 2.27. The third kappa shape index (κ3) is 2.76. The minimum atomic E-state index is -0.101. The number of hydrogen-bond acceptors (Lipinski definition) is 2. The molecular formula is C13H8Br2ClNO. The lowest BCUT2D eigenvalue weighted by molar-refractivity contribution is 0.103. The van der Waals surface area contributed by atoms with Gasteiger partial charge >= 0.3 is 0 Å². The third-order valence-electron chi connectivity index (χ3n) is 2.42. The first-order valence-corrected chi connectivity index (χ1v) is 7.00. The molecule has 0 amide bonds. The third-order valence-corrected chi connectivity index (χ3v) is 4.31. The van der Waals surface area contributed by atoms with E-state index in [9.17, 15) is 4.79 Å². The lowest BCUT2D eigenvalue weighted by Gasteiger charge is -2.06. The topological polar surface area (TPSA) is 43.1 Å². The highest BCUT2D eigenvalue weighted by Gasteiger charge is 2.13. The van der Waals surface area contributed by atoms with E-state index in [1.807, 2.05) is 0 Å². The predicted octanol–water partition coefficient (Wildman–Crippen LogP) is 4.68. The van der Waals surface area contributed by atoms with Crippen molar-refractivity contribution < 1.29 is 4.79 Å². The Morgan fingerprint density at radius 2 is 1.78 bits per heavy atom. The first kappa shape index (κ1) is 13.6. The first-order chi connectivity index (χ1) is 8.49. The van der Waals surface area contributed by atoms with E-state index in [-0.39, 0.29) is 5.78 Å². The number of anilines is 1. The van der Waals surface area contributed by atoms with Crippen LogP contribution in [0.2, 0.25) is 5.02 Å². The molecule has 0 radical (unpaired) electrons. The van der Waals surface area contributed by atoms with Crippen molar-refractivity contribution in [2.75, 3.05) is 5.73 Å². The van der Waals surface area contributed by atoms with Gasteiger partial charge in [0.15, 0.2) is 5.78 Å². The molecule has 0 fully saturated rings. The maximum absolute atomic E-state index is 12.3. The largest absolute Gasteiger partial charge is 0.399 e. The van der Waals surface area contributed by atoms with Gasteiger partial charge in [0.2, 0.25) is 0 Å². The van der Waals surface area contributed by atoms with Gasteiger partial charge in [-0.25, -0.2) is 0 Å². The molecule has 18 heavy (non-hydrogen) atoms. The molecule has 0 heterocycles. The molecule has 0 aliphatic heterocycles.